The molecule has 0 saturated heterocycles. The summed E-state index contributed by atoms with van der Waals surface area (Å²) in [5.41, 5.74) is 0. The molecule has 1 atom stereocenters. The lowest BCUT2D eigenvalue weighted by Crippen LogP contribution is -2.16. The molecular weight excluding hydrogens is 284 g/mol. The summed E-state index contributed by atoms with van der Waals surface area (Å²) in [5.74, 6) is 0.828. The van der Waals surface area contributed by atoms with Crippen LogP contribution in [0, 0.1) is 5.92 Å². The van der Waals surface area contributed by atoms with Gasteiger partial charge in [0.1, 0.15) is 0 Å². The smallest absolute Gasteiger partial charge is 0.204 e. The van der Waals surface area contributed by atoms with Gasteiger partial charge in [-0.25, -0.2) is 0 Å². The predicted octanol–water partition coefficient (Wildman–Crippen LogP) is 7.37. The third kappa shape index (κ3) is 16.5. The zero-order valence-corrected chi connectivity index (χ0v) is 17.1. The van der Waals surface area contributed by atoms with Crippen LogP contribution in [0.5, 0.6) is 0 Å². The van der Waals surface area contributed by atoms with Crippen molar-refractivity contribution in [2.45, 2.75) is 117 Å². The molecule has 133 valence electrons. The van der Waals surface area contributed by atoms with Crippen molar-refractivity contribution in [2.75, 3.05) is 6.61 Å². The molecule has 0 N–H and O–H groups in total. The highest BCUT2D eigenvalue weighted by Gasteiger charge is 2.10. The number of hydrogen-bond acceptors (Lipinski definition) is 1. The molecule has 0 spiro atoms. The molecule has 0 bridgehead atoms. The van der Waals surface area contributed by atoms with E-state index < -0.39 is 9.04 Å². The van der Waals surface area contributed by atoms with Gasteiger partial charge in [-0.3, -0.25) is 0 Å². The number of unbranched alkanes of at least 4 members (excludes halogenated alkanes) is 10. The highest BCUT2D eigenvalue weighted by Crippen LogP contribution is 2.19. The van der Waals surface area contributed by atoms with Gasteiger partial charge in [-0.1, -0.05) is 90.9 Å². The van der Waals surface area contributed by atoms with E-state index >= 15 is 0 Å². The largest absolute Gasteiger partial charge is 0.417 e. The normalized spacial score (nSPS) is 13.0. The average molecular weight is 328 g/mol. The Balaban J connectivity index is 3.46. The molecule has 0 aromatic heterocycles. The van der Waals surface area contributed by atoms with Crippen LogP contribution in [0.3, 0.4) is 0 Å². The Kier molecular flexibility index (Phi) is 17.7. The molecule has 1 radical (unpaired) electrons. The zero-order chi connectivity index (χ0) is 16.5. The fourth-order valence-electron chi connectivity index (χ4n) is 3.01. The van der Waals surface area contributed by atoms with Crippen molar-refractivity contribution in [2.24, 2.45) is 5.92 Å². The van der Waals surface area contributed by atoms with Gasteiger partial charge in [0.05, 0.1) is 0 Å². The number of hydrogen-bond donors (Lipinski definition) is 0. The fourth-order valence-corrected chi connectivity index (χ4v) is 3.58. The molecule has 1 nitrogen and oxygen atoms in total. The van der Waals surface area contributed by atoms with E-state index in [9.17, 15) is 0 Å². The summed E-state index contributed by atoms with van der Waals surface area (Å²) in [5, 5.41) is 0. The van der Waals surface area contributed by atoms with Crippen molar-refractivity contribution in [3.05, 3.63) is 0 Å². The molecule has 0 aromatic rings. The third-order valence-corrected chi connectivity index (χ3v) is 5.28. The Morgan fingerprint density at radius 3 is 1.59 bits per heavy atom. The van der Waals surface area contributed by atoms with Gasteiger partial charge in [0.25, 0.3) is 0 Å². The lowest BCUT2D eigenvalue weighted by atomic mass is 9.96. The predicted molar refractivity (Wildman–Crippen MR) is 103 cm³/mol. The molecule has 0 aliphatic heterocycles. The monoisotopic (exact) mass is 327 g/mol. The fraction of sp³-hybridized carbons (Fsp3) is 1.00. The quantitative estimate of drug-likeness (QED) is 0.200. The van der Waals surface area contributed by atoms with Crippen LogP contribution in [0.1, 0.15) is 104 Å². The molecule has 1 unspecified atom stereocenters. The Morgan fingerprint density at radius 2 is 1.09 bits per heavy atom. The van der Waals surface area contributed by atoms with Gasteiger partial charge in [-0.2, -0.15) is 0 Å². The summed E-state index contributed by atoms with van der Waals surface area (Å²) < 4.78 is 5.95. The van der Waals surface area contributed by atoms with Crippen LogP contribution in [-0.2, 0) is 4.43 Å². The van der Waals surface area contributed by atoms with Gasteiger partial charge in [0, 0.05) is 6.61 Å². The van der Waals surface area contributed by atoms with Gasteiger partial charge >= 0.3 is 0 Å². The van der Waals surface area contributed by atoms with Crippen LogP contribution in [0.4, 0.5) is 0 Å². The first-order chi connectivity index (χ1) is 10.7. The minimum Gasteiger partial charge on any atom is -0.417 e. The van der Waals surface area contributed by atoms with Crippen molar-refractivity contribution < 1.29 is 4.43 Å². The summed E-state index contributed by atoms with van der Waals surface area (Å²) in [6.45, 7) is 10.1. The van der Waals surface area contributed by atoms with Crippen LogP contribution in [-0.4, -0.2) is 15.6 Å². The zero-order valence-electron chi connectivity index (χ0n) is 16.1. The molecule has 0 aromatic carbocycles. The Labute approximate surface area is 143 Å². The number of rotatable bonds is 17. The lowest BCUT2D eigenvalue weighted by Gasteiger charge is -2.18. The highest BCUT2D eigenvalue weighted by atomic mass is 28.3. The molecule has 22 heavy (non-hydrogen) atoms. The SMILES string of the molecule is CCCCCCCCCCCCC(CCCC)CO[Si](C)C. The van der Waals surface area contributed by atoms with Crippen molar-refractivity contribution in [1.29, 1.82) is 0 Å². The van der Waals surface area contributed by atoms with E-state index in [4.69, 9.17) is 4.43 Å². The summed E-state index contributed by atoms with van der Waals surface area (Å²) >= 11 is 0. The Hall–Kier alpha value is 0.177. The van der Waals surface area contributed by atoms with Gasteiger partial charge < -0.3 is 4.43 Å². The Bertz CT molecular complexity index is 206. The summed E-state index contributed by atoms with van der Waals surface area (Å²) in [6.07, 6.45) is 19.9. The summed E-state index contributed by atoms with van der Waals surface area (Å²) in [7, 11) is -0.506. The molecule has 2 heteroatoms. The second-order valence-electron chi connectivity index (χ2n) is 7.20. The molecule has 0 fully saturated rings. The first-order valence-corrected chi connectivity index (χ1v) is 12.5. The second-order valence-corrected chi connectivity index (χ2v) is 9.30. The van der Waals surface area contributed by atoms with E-state index in [-0.39, 0.29) is 0 Å². The van der Waals surface area contributed by atoms with Gasteiger partial charge in [0.2, 0.25) is 9.04 Å². The lowest BCUT2D eigenvalue weighted by molar-refractivity contribution is 0.228. The highest BCUT2D eigenvalue weighted by molar-refractivity contribution is 6.48. The van der Waals surface area contributed by atoms with E-state index in [1.807, 2.05) is 0 Å². The molecule has 0 aliphatic carbocycles. The molecule has 0 aliphatic rings. The standard InChI is InChI=1S/C20H43OSi/c1-5-7-9-10-11-12-13-14-15-16-18-20(17-8-6-2)19-21-22(3)4/h20H,5-19H2,1-4H3. The topological polar surface area (TPSA) is 9.23 Å². The van der Waals surface area contributed by atoms with Crippen molar-refractivity contribution in [3.63, 3.8) is 0 Å². The minimum absolute atomic E-state index is 0.506. The maximum Gasteiger partial charge on any atom is 0.204 e. The van der Waals surface area contributed by atoms with Gasteiger partial charge in [-0.15, -0.1) is 0 Å². The van der Waals surface area contributed by atoms with Crippen molar-refractivity contribution in [3.8, 4) is 0 Å². The maximum atomic E-state index is 5.95. The molecular formula is C20H43OSi. The third-order valence-electron chi connectivity index (χ3n) is 4.54. The van der Waals surface area contributed by atoms with E-state index in [1.54, 1.807) is 0 Å². The Morgan fingerprint density at radius 1 is 0.636 bits per heavy atom. The maximum absolute atomic E-state index is 5.95. The molecule has 0 amide bonds. The van der Waals surface area contributed by atoms with Crippen LogP contribution in [0.15, 0.2) is 0 Å². The van der Waals surface area contributed by atoms with Crippen LogP contribution in [0.2, 0.25) is 13.1 Å². The second kappa shape index (κ2) is 17.5. The minimum atomic E-state index is -0.506. The summed E-state index contributed by atoms with van der Waals surface area (Å²) in [4.78, 5) is 0. The van der Waals surface area contributed by atoms with Crippen molar-refractivity contribution in [1.82, 2.24) is 0 Å². The van der Waals surface area contributed by atoms with E-state index in [2.05, 4.69) is 26.9 Å². The van der Waals surface area contributed by atoms with Gasteiger partial charge in [-0.05, 0) is 31.9 Å². The molecule has 0 rings (SSSR count). The van der Waals surface area contributed by atoms with E-state index in [1.165, 1.54) is 89.9 Å². The average Bonchev–Trinajstić information content (AvgIpc) is 2.50. The van der Waals surface area contributed by atoms with Crippen molar-refractivity contribution >= 4 is 9.04 Å². The van der Waals surface area contributed by atoms with Crippen LogP contribution < -0.4 is 0 Å². The first kappa shape index (κ1) is 22.2. The van der Waals surface area contributed by atoms with Crippen LogP contribution in [0.25, 0.3) is 0 Å². The molecule has 0 saturated carbocycles. The van der Waals surface area contributed by atoms with Gasteiger partial charge in [0.15, 0.2) is 0 Å². The first-order valence-electron chi connectivity index (χ1n) is 10.1. The van der Waals surface area contributed by atoms with E-state index in [0.717, 1.165) is 12.5 Å². The molecule has 0 heterocycles. The summed E-state index contributed by atoms with van der Waals surface area (Å²) in [6, 6.07) is 0. The van der Waals surface area contributed by atoms with E-state index in [0.29, 0.717) is 0 Å². The van der Waals surface area contributed by atoms with Crippen LogP contribution >= 0.6 is 0 Å².